The standard InChI is InChI=1S/C31H26N2O2S2/c1-2-27(31(35)33-25-12-6-8-14-28(25)37-29-15-9-7-13-26(29)33)36-24-19-17-23(18-20-24)32-30(34)21-16-22-10-4-3-5-11-22/h3-21,27H,2H2,1H3,(H,32,34)/b21-16+. The average molecular weight is 523 g/mol. The monoisotopic (exact) mass is 522 g/mol. The fourth-order valence-corrected chi connectivity index (χ4v) is 6.15. The number of thioether (sulfide) groups is 1. The highest BCUT2D eigenvalue weighted by atomic mass is 32.2. The average Bonchev–Trinajstić information content (AvgIpc) is 2.94. The second kappa shape index (κ2) is 11.5. The molecule has 184 valence electrons. The molecule has 0 spiro atoms. The molecule has 37 heavy (non-hydrogen) atoms. The van der Waals surface area contributed by atoms with Gasteiger partial charge in [0.2, 0.25) is 11.8 Å². The van der Waals surface area contributed by atoms with Crippen LogP contribution in [0.2, 0.25) is 0 Å². The Balaban J connectivity index is 1.29. The van der Waals surface area contributed by atoms with Crippen molar-refractivity contribution in [3.63, 3.8) is 0 Å². The zero-order valence-corrected chi connectivity index (χ0v) is 22.0. The number of hydrogen-bond acceptors (Lipinski definition) is 4. The minimum absolute atomic E-state index is 0.0659. The fourth-order valence-electron chi connectivity index (χ4n) is 4.10. The highest BCUT2D eigenvalue weighted by Gasteiger charge is 2.32. The third-order valence-corrected chi connectivity index (χ3v) is 8.42. The number of benzene rings is 4. The summed E-state index contributed by atoms with van der Waals surface area (Å²) in [7, 11) is 0. The normalized spacial score (nSPS) is 13.1. The Bertz CT molecular complexity index is 1390. The summed E-state index contributed by atoms with van der Waals surface area (Å²) in [4.78, 5) is 31.2. The Kier molecular flexibility index (Phi) is 7.78. The van der Waals surface area contributed by atoms with Gasteiger partial charge in [-0.15, -0.1) is 11.8 Å². The van der Waals surface area contributed by atoms with Crippen molar-refractivity contribution in [3.05, 3.63) is 115 Å². The van der Waals surface area contributed by atoms with Crippen LogP contribution in [0.15, 0.2) is 124 Å². The molecule has 4 nitrogen and oxygen atoms in total. The van der Waals surface area contributed by atoms with Gasteiger partial charge in [-0.05, 0) is 66.6 Å². The van der Waals surface area contributed by atoms with E-state index >= 15 is 0 Å². The van der Waals surface area contributed by atoms with Gasteiger partial charge in [0.25, 0.3) is 0 Å². The molecule has 0 aromatic heterocycles. The topological polar surface area (TPSA) is 49.4 Å². The Morgan fingerprint density at radius 1 is 0.838 bits per heavy atom. The van der Waals surface area contributed by atoms with Gasteiger partial charge >= 0.3 is 0 Å². The molecule has 6 heteroatoms. The van der Waals surface area contributed by atoms with Crippen LogP contribution in [0, 0.1) is 0 Å². The first-order valence-electron chi connectivity index (χ1n) is 12.1. The third kappa shape index (κ3) is 5.82. The fraction of sp³-hybridized carbons (Fsp3) is 0.0968. The van der Waals surface area contributed by atoms with Gasteiger partial charge in [-0.2, -0.15) is 0 Å². The Hall–Kier alpha value is -3.74. The minimum atomic E-state index is -0.251. The summed E-state index contributed by atoms with van der Waals surface area (Å²) < 4.78 is 0. The van der Waals surface area contributed by atoms with E-state index in [1.807, 2.05) is 103 Å². The summed E-state index contributed by atoms with van der Waals surface area (Å²) in [6.07, 6.45) is 4.00. The number of amides is 2. The molecule has 0 fully saturated rings. The summed E-state index contributed by atoms with van der Waals surface area (Å²) in [5.41, 5.74) is 3.54. The van der Waals surface area contributed by atoms with E-state index < -0.39 is 0 Å². The van der Waals surface area contributed by atoms with E-state index in [0.717, 1.165) is 31.6 Å². The van der Waals surface area contributed by atoms with E-state index in [9.17, 15) is 9.59 Å². The third-order valence-electron chi connectivity index (χ3n) is 5.93. The number of fused-ring (bicyclic) bond motifs is 2. The van der Waals surface area contributed by atoms with Crippen molar-refractivity contribution in [3.8, 4) is 0 Å². The number of nitrogens with one attached hydrogen (secondary N) is 1. The van der Waals surface area contributed by atoms with Crippen molar-refractivity contribution >= 4 is 58.5 Å². The van der Waals surface area contributed by atoms with Crippen LogP contribution in [-0.2, 0) is 9.59 Å². The molecule has 4 aromatic carbocycles. The molecule has 0 saturated carbocycles. The van der Waals surface area contributed by atoms with Gasteiger partial charge in [-0.3, -0.25) is 14.5 Å². The molecular weight excluding hydrogens is 496 g/mol. The van der Waals surface area contributed by atoms with Crippen LogP contribution < -0.4 is 10.2 Å². The molecule has 1 atom stereocenters. The Morgan fingerprint density at radius 2 is 1.43 bits per heavy atom. The van der Waals surface area contributed by atoms with Crippen molar-refractivity contribution in [2.45, 2.75) is 33.3 Å². The first-order chi connectivity index (χ1) is 18.1. The summed E-state index contributed by atoms with van der Waals surface area (Å²) in [5.74, 6) is -0.123. The molecule has 1 aliphatic rings. The smallest absolute Gasteiger partial charge is 0.248 e. The van der Waals surface area contributed by atoms with Crippen molar-refractivity contribution in [1.29, 1.82) is 0 Å². The van der Waals surface area contributed by atoms with Gasteiger partial charge in [0.15, 0.2) is 0 Å². The SMILES string of the molecule is CCC(Sc1ccc(NC(=O)/C=C/c2ccccc2)cc1)C(=O)N1c2ccccc2Sc2ccccc21. The Morgan fingerprint density at radius 3 is 2.05 bits per heavy atom. The lowest BCUT2D eigenvalue weighted by molar-refractivity contribution is -0.117. The van der Waals surface area contributed by atoms with Gasteiger partial charge in [0, 0.05) is 26.4 Å². The molecule has 0 saturated heterocycles. The number of carbonyl (C=O) groups excluding carboxylic acids is 2. The van der Waals surface area contributed by atoms with E-state index in [0.29, 0.717) is 12.1 Å². The second-order valence-corrected chi connectivity index (χ2v) is 10.8. The van der Waals surface area contributed by atoms with E-state index in [2.05, 4.69) is 17.4 Å². The molecule has 2 amide bonds. The summed E-state index contributed by atoms with van der Waals surface area (Å²) >= 11 is 3.25. The summed E-state index contributed by atoms with van der Waals surface area (Å²) in [5, 5.41) is 2.64. The first-order valence-corrected chi connectivity index (χ1v) is 13.8. The van der Waals surface area contributed by atoms with Crippen molar-refractivity contribution < 1.29 is 9.59 Å². The van der Waals surface area contributed by atoms with Gasteiger partial charge in [0.1, 0.15) is 0 Å². The predicted molar refractivity (Wildman–Crippen MR) is 155 cm³/mol. The van der Waals surface area contributed by atoms with Crippen LogP contribution in [0.3, 0.4) is 0 Å². The lowest BCUT2D eigenvalue weighted by atomic mass is 10.2. The number of nitrogens with zero attached hydrogens (tertiary/aromatic N) is 1. The largest absolute Gasteiger partial charge is 0.323 e. The van der Waals surface area contributed by atoms with Crippen molar-refractivity contribution in [2.24, 2.45) is 0 Å². The zero-order valence-electron chi connectivity index (χ0n) is 20.3. The lowest BCUT2D eigenvalue weighted by Crippen LogP contribution is -2.35. The van der Waals surface area contributed by atoms with E-state index in [1.165, 1.54) is 6.08 Å². The molecular formula is C31H26N2O2S2. The zero-order chi connectivity index (χ0) is 25.6. The molecule has 4 aromatic rings. The van der Waals surface area contributed by atoms with Crippen LogP contribution in [-0.4, -0.2) is 17.1 Å². The minimum Gasteiger partial charge on any atom is -0.323 e. The molecule has 0 bridgehead atoms. The number of rotatable bonds is 7. The highest BCUT2D eigenvalue weighted by Crippen LogP contribution is 2.48. The maximum atomic E-state index is 13.9. The molecule has 1 aliphatic heterocycles. The number of para-hydroxylation sites is 2. The summed E-state index contributed by atoms with van der Waals surface area (Å²) in [6.45, 7) is 2.04. The van der Waals surface area contributed by atoms with Crippen LogP contribution in [0.1, 0.15) is 18.9 Å². The maximum Gasteiger partial charge on any atom is 0.248 e. The number of hydrogen-bond donors (Lipinski definition) is 1. The van der Waals surface area contributed by atoms with Crippen LogP contribution in [0.4, 0.5) is 17.1 Å². The maximum absolute atomic E-state index is 13.9. The first kappa shape index (κ1) is 24.9. The number of carbonyl (C=O) groups is 2. The highest BCUT2D eigenvalue weighted by molar-refractivity contribution is 8.00. The molecule has 0 aliphatic carbocycles. The van der Waals surface area contributed by atoms with Gasteiger partial charge < -0.3 is 5.32 Å². The molecule has 1 N–H and O–H groups in total. The molecule has 0 radical (unpaired) electrons. The summed E-state index contributed by atoms with van der Waals surface area (Å²) in [6, 6.07) is 33.5. The van der Waals surface area contributed by atoms with Gasteiger partial charge in [0.05, 0.1) is 16.6 Å². The lowest BCUT2D eigenvalue weighted by Gasteiger charge is -2.33. The predicted octanol–water partition coefficient (Wildman–Crippen LogP) is 8.04. The van der Waals surface area contributed by atoms with E-state index in [4.69, 9.17) is 0 Å². The van der Waals surface area contributed by atoms with Crippen molar-refractivity contribution in [2.75, 3.05) is 10.2 Å². The molecule has 1 unspecified atom stereocenters. The second-order valence-electron chi connectivity index (χ2n) is 8.48. The van der Waals surface area contributed by atoms with Crippen LogP contribution in [0.25, 0.3) is 6.08 Å². The van der Waals surface area contributed by atoms with Gasteiger partial charge in [-0.25, -0.2) is 0 Å². The van der Waals surface area contributed by atoms with Crippen LogP contribution >= 0.6 is 23.5 Å². The molecule has 5 rings (SSSR count). The Labute approximate surface area is 225 Å². The van der Waals surface area contributed by atoms with Crippen LogP contribution in [0.5, 0.6) is 0 Å². The van der Waals surface area contributed by atoms with E-state index in [-0.39, 0.29) is 17.1 Å². The quantitative estimate of drug-likeness (QED) is 0.197. The van der Waals surface area contributed by atoms with Gasteiger partial charge in [-0.1, -0.05) is 73.3 Å². The number of anilines is 3. The van der Waals surface area contributed by atoms with Crippen molar-refractivity contribution in [1.82, 2.24) is 0 Å². The van der Waals surface area contributed by atoms with E-state index in [1.54, 1.807) is 29.6 Å². The molecule has 1 heterocycles.